The van der Waals surface area contributed by atoms with E-state index in [-0.39, 0.29) is 31.5 Å². The summed E-state index contributed by atoms with van der Waals surface area (Å²) < 4.78 is 21.1. The number of hydrogen-bond donors (Lipinski definition) is 3. The molecule has 4 aromatic rings. The van der Waals surface area contributed by atoms with Crippen LogP contribution in [0.1, 0.15) is 40.5 Å². The number of nitriles is 1. The van der Waals surface area contributed by atoms with Crippen molar-refractivity contribution >= 4 is 22.6 Å². The van der Waals surface area contributed by atoms with Crippen molar-refractivity contribution in [2.45, 2.75) is 31.9 Å². The highest BCUT2D eigenvalue weighted by Gasteiger charge is 2.33. The van der Waals surface area contributed by atoms with Crippen molar-refractivity contribution in [1.82, 2.24) is 25.1 Å². The number of fused-ring (bicyclic) bond motifs is 2. The number of carbonyl (C=O) groups is 1. The van der Waals surface area contributed by atoms with E-state index in [0.29, 0.717) is 42.2 Å². The van der Waals surface area contributed by atoms with E-state index in [1.165, 1.54) is 10.9 Å². The Hall–Kier alpha value is -4.40. The molecule has 38 heavy (non-hydrogen) atoms. The molecule has 0 radical (unpaired) electrons. The third kappa shape index (κ3) is 5.04. The highest BCUT2D eigenvalue weighted by atomic mass is 19.1. The van der Waals surface area contributed by atoms with Gasteiger partial charge in [0.15, 0.2) is 17.5 Å². The van der Waals surface area contributed by atoms with Crippen LogP contribution in [0.4, 0.5) is 10.2 Å². The van der Waals surface area contributed by atoms with Gasteiger partial charge in [-0.25, -0.2) is 14.1 Å². The van der Waals surface area contributed by atoms with Gasteiger partial charge in [-0.05, 0) is 54.8 Å². The Balaban J connectivity index is 1.31. The number of ether oxygens (including phenoxy) is 1. The molecule has 10 nitrogen and oxygen atoms in total. The molecule has 1 aromatic carbocycles. The van der Waals surface area contributed by atoms with E-state index >= 15 is 0 Å². The summed E-state index contributed by atoms with van der Waals surface area (Å²) in [6.07, 6.45) is 3.38. The summed E-state index contributed by atoms with van der Waals surface area (Å²) in [6.45, 7) is 3.07. The molecule has 0 fully saturated rings. The lowest BCUT2D eigenvalue weighted by molar-refractivity contribution is 0.0757. The zero-order valence-electron chi connectivity index (χ0n) is 20.7. The van der Waals surface area contributed by atoms with E-state index in [1.54, 1.807) is 37.4 Å². The number of benzene rings is 1. The fourth-order valence-electron chi connectivity index (χ4n) is 4.31. The lowest BCUT2D eigenvalue weighted by Gasteiger charge is -2.30. The minimum Gasteiger partial charge on any atom is -0.396 e. The Morgan fingerprint density at radius 2 is 2.18 bits per heavy atom. The Labute approximate surface area is 218 Å². The monoisotopic (exact) mass is 515 g/mol. The molecule has 4 heterocycles. The van der Waals surface area contributed by atoms with Crippen LogP contribution in [0.2, 0.25) is 0 Å². The van der Waals surface area contributed by atoms with Gasteiger partial charge in [0.25, 0.3) is 5.91 Å². The lowest BCUT2D eigenvalue weighted by Crippen LogP contribution is -2.33. The largest absolute Gasteiger partial charge is 0.396 e. The van der Waals surface area contributed by atoms with Crippen LogP contribution in [-0.4, -0.2) is 50.5 Å². The van der Waals surface area contributed by atoms with Crippen LogP contribution in [0.3, 0.4) is 0 Å². The third-order valence-electron chi connectivity index (χ3n) is 6.44. The molecule has 0 aliphatic carbocycles. The molecule has 194 valence electrons. The SMILES string of the molecule is C[C@]1(C#N)COCc2ccc(C(=O)NCc3cc4nc(-n5cc(F)c(NCCCO)n5)ccc4cn3)cc21. The predicted molar refractivity (Wildman–Crippen MR) is 137 cm³/mol. The van der Waals surface area contributed by atoms with Gasteiger partial charge in [0.1, 0.15) is 5.41 Å². The average molecular weight is 516 g/mol. The number of aliphatic hydroxyl groups excluding tert-OH is 1. The van der Waals surface area contributed by atoms with Crippen molar-refractivity contribution in [2.24, 2.45) is 0 Å². The molecule has 0 saturated heterocycles. The van der Waals surface area contributed by atoms with E-state index in [4.69, 9.17) is 9.84 Å². The second-order valence-corrected chi connectivity index (χ2v) is 9.30. The van der Waals surface area contributed by atoms with Crippen LogP contribution in [0.5, 0.6) is 0 Å². The van der Waals surface area contributed by atoms with E-state index in [0.717, 1.165) is 16.5 Å². The van der Waals surface area contributed by atoms with Crippen LogP contribution in [0, 0.1) is 17.1 Å². The predicted octanol–water partition coefficient (Wildman–Crippen LogP) is 2.99. The molecule has 3 aromatic heterocycles. The smallest absolute Gasteiger partial charge is 0.251 e. The standard InChI is InChI=1S/C27H26FN7O3/c1-27(15-29)16-38-14-19-4-3-17(9-21(19)27)26(37)32-12-20-10-23-18(11-31-20)5-6-24(33-23)35-13-22(28)25(34-35)30-7-2-8-36/h3-6,9-11,13,36H,2,7-8,12,14,16H2,1H3,(H,30,34)(H,32,37)/t27-/m0/s1. The summed E-state index contributed by atoms with van der Waals surface area (Å²) in [6, 6.07) is 12.9. The number of halogens is 1. The molecular weight excluding hydrogens is 489 g/mol. The summed E-state index contributed by atoms with van der Waals surface area (Å²) in [5.74, 6) is -0.293. The number of aliphatic hydroxyl groups is 1. The van der Waals surface area contributed by atoms with Gasteiger partial charge in [-0.1, -0.05) is 6.07 Å². The minimum absolute atomic E-state index is 0.00174. The molecule has 3 N–H and O–H groups in total. The van der Waals surface area contributed by atoms with Crippen molar-refractivity contribution < 1.29 is 19.0 Å². The number of nitrogens with one attached hydrogen (secondary N) is 2. The van der Waals surface area contributed by atoms with Crippen molar-refractivity contribution in [3.63, 3.8) is 0 Å². The first kappa shape index (κ1) is 25.3. The number of aromatic nitrogens is 4. The minimum atomic E-state index is -0.805. The molecule has 0 bridgehead atoms. The van der Waals surface area contributed by atoms with E-state index in [2.05, 4.69) is 31.8 Å². The number of rotatable bonds is 8. The van der Waals surface area contributed by atoms with E-state index in [1.807, 2.05) is 12.1 Å². The second-order valence-electron chi connectivity index (χ2n) is 9.30. The fourth-order valence-corrected chi connectivity index (χ4v) is 4.31. The fraction of sp³-hybridized carbons (Fsp3) is 0.296. The van der Waals surface area contributed by atoms with Gasteiger partial charge in [-0.15, -0.1) is 5.10 Å². The molecule has 0 spiro atoms. The summed E-state index contributed by atoms with van der Waals surface area (Å²) in [7, 11) is 0. The zero-order valence-corrected chi connectivity index (χ0v) is 20.7. The van der Waals surface area contributed by atoms with Crippen LogP contribution in [0.25, 0.3) is 16.7 Å². The molecule has 5 rings (SSSR count). The number of anilines is 1. The summed E-state index contributed by atoms with van der Waals surface area (Å²) in [5.41, 5.74) is 2.58. The van der Waals surface area contributed by atoms with Crippen LogP contribution >= 0.6 is 0 Å². The van der Waals surface area contributed by atoms with Gasteiger partial charge in [0.05, 0.1) is 43.2 Å². The average Bonchev–Trinajstić information content (AvgIpc) is 3.31. The van der Waals surface area contributed by atoms with Crippen molar-refractivity contribution in [2.75, 3.05) is 25.1 Å². The summed E-state index contributed by atoms with van der Waals surface area (Å²) in [4.78, 5) is 21.9. The third-order valence-corrected chi connectivity index (χ3v) is 6.44. The number of amides is 1. The van der Waals surface area contributed by atoms with Crippen molar-refractivity contribution in [3.05, 3.63) is 77.0 Å². The van der Waals surface area contributed by atoms with Gasteiger partial charge in [-0.3, -0.25) is 9.78 Å². The molecule has 1 aliphatic rings. The van der Waals surface area contributed by atoms with E-state index < -0.39 is 11.2 Å². The maximum atomic E-state index is 14.3. The zero-order chi connectivity index (χ0) is 26.7. The van der Waals surface area contributed by atoms with Crippen molar-refractivity contribution in [3.8, 4) is 11.9 Å². The quantitative estimate of drug-likeness (QED) is 0.305. The van der Waals surface area contributed by atoms with Gasteiger partial charge in [-0.2, -0.15) is 5.26 Å². The van der Waals surface area contributed by atoms with Gasteiger partial charge in [0.2, 0.25) is 0 Å². The Bertz CT molecular complexity index is 1550. The molecule has 0 unspecified atom stereocenters. The molecule has 11 heteroatoms. The van der Waals surface area contributed by atoms with Gasteiger partial charge < -0.3 is 20.5 Å². The summed E-state index contributed by atoms with van der Waals surface area (Å²) in [5, 5.41) is 29.3. The number of nitrogens with zero attached hydrogens (tertiary/aromatic N) is 5. The van der Waals surface area contributed by atoms with Gasteiger partial charge >= 0.3 is 0 Å². The highest BCUT2D eigenvalue weighted by molar-refractivity contribution is 5.94. The second kappa shape index (κ2) is 10.5. The Morgan fingerprint density at radius 1 is 1.32 bits per heavy atom. The molecule has 1 atom stereocenters. The van der Waals surface area contributed by atoms with Crippen LogP contribution in [-0.2, 0) is 23.3 Å². The maximum Gasteiger partial charge on any atom is 0.251 e. The maximum absolute atomic E-state index is 14.3. The van der Waals surface area contributed by atoms with Crippen molar-refractivity contribution in [1.29, 1.82) is 5.26 Å². The van der Waals surface area contributed by atoms with Crippen LogP contribution in [0.15, 0.2) is 48.8 Å². The molecule has 0 saturated carbocycles. The van der Waals surface area contributed by atoms with Crippen LogP contribution < -0.4 is 10.6 Å². The Kier molecular flexibility index (Phi) is 7.00. The number of hydrogen-bond acceptors (Lipinski definition) is 8. The first-order valence-electron chi connectivity index (χ1n) is 12.2. The summed E-state index contributed by atoms with van der Waals surface area (Å²) >= 11 is 0. The highest BCUT2D eigenvalue weighted by Crippen LogP contribution is 2.32. The van der Waals surface area contributed by atoms with Gasteiger partial charge in [0, 0.05) is 30.3 Å². The molecular formula is C27H26FN7O3. The molecule has 1 amide bonds. The first-order valence-corrected chi connectivity index (χ1v) is 12.2. The topological polar surface area (TPSA) is 138 Å². The normalized spacial score (nSPS) is 16.6. The number of carbonyl (C=O) groups excluding carboxylic acids is 1. The lowest BCUT2D eigenvalue weighted by atomic mass is 9.79. The molecule has 1 aliphatic heterocycles. The number of pyridine rings is 2. The Morgan fingerprint density at radius 3 is 3.00 bits per heavy atom. The van der Waals surface area contributed by atoms with E-state index in [9.17, 15) is 14.4 Å². The first-order chi connectivity index (χ1) is 18.4.